The van der Waals surface area contributed by atoms with Gasteiger partial charge >= 0.3 is 0 Å². The van der Waals surface area contributed by atoms with E-state index in [4.69, 9.17) is 4.74 Å². The van der Waals surface area contributed by atoms with E-state index in [0.717, 1.165) is 41.2 Å². The number of aromatic nitrogens is 2. The van der Waals surface area contributed by atoms with Crippen LogP contribution in [0.5, 0.6) is 5.75 Å². The fourth-order valence-corrected chi connectivity index (χ4v) is 3.65. The Labute approximate surface area is 116 Å². The van der Waals surface area contributed by atoms with Crippen LogP contribution in [0.25, 0.3) is 11.0 Å². The molecule has 1 aromatic carbocycles. The van der Waals surface area contributed by atoms with Crippen molar-refractivity contribution in [2.45, 2.75) is 42.7 Å². The SMILES string of the molecule is CCOc1ccc2nc(S[C@@H]3CCC[C@H]3O)[nH]c2c1. The summed E-state index contributed by atoms with van der Waals surface area (Å²) in [5, 5.41) is 11.0. The molecule has 1 saturated carbocycles. The maximum absolute atomic E-state index is 9.86. The van der Waals surface area contributed by atoms with E-state index in [9.17, 15) is 5.11 Å². The third-order valence-corrected chi connectivity index (χ3v) is 4.69. The van der Waals surface area contributed by atoms with Gasteiger partial charge in [0.15, 0.2) is 5.16 Å². The van der Waals surface area contributed by atoms with Crippen LogP contribution >= 0.6 is 11.8 Å². The number of aromatic amines is 1. The van der Waals surface area contributed by atoms with Crippen LogP contribution in [0.15, 0.2) is 23.4 Å². The molecule has 2 atom stereocenters. The second-order valence-electron chi connectivity index (χ2n) is 4.81. The van der Waals surface area contributed by atoms with Gasteiger partial charge in [0.05, 0.1) is 23.7 Å². The second kappa shape index (κ2) is 5.43. The molecule has 5 heteroatoms. The Kier molecular flexibility index (Phi) is 3.66. The van der Waals surface area contributed by atoms with Crippen molar-refractivity contribution in [1.29, 1.82) is 0 Å². The molecule has 0 aliphatic heterocycles. The number of aliphatic hydroxyl groups excluding tert-OH is 1. The minimum absolute atomic E-state index is 0.197. The zero-order chi connectivity index (χ0) is 13.2. The van der Waals surface area contributed by atoms with Crippen LogP contribution in [0, 0.1) is 0 Å². The highest BCUT2D eigenvalue weighted by Gasteiger charge is 2.27. The van der Waals surface area contributed by atoms with Crippen molar-refractivity contribution >= 4 is 22.8 Å². The molecule has 0 radical (unpaired) electrons. The lowest BCUT2D eigenvalue weighted by Crippen LogP contribution is -2.15. The van der Waals surface area contributed by atoms with Crippen LogP contribution in [0.1, 0.15) is 26.2 Å². The molecular formula is C14H18N2O2S. The van der Waals surface area contributed by atoms with Gasteiger partial charge in [-0.05, 0) is 38.3 Å². The molecule has 2 N–H and O–H groups in total. The topological polar surface area (TPSA) is 58.1 Å². The summed E-state index contributed by atoms with van der Waals surface area (Å²) in [7, 11) is 0. The second-order valence-corrected chi connectivity index (χ2v) is 6.04. The summed E-state index contributed by atoms with van der Waals surface area (Å²) in [5.41, 5.74) is 1.93. The summed E-state index contributed by atoms with van der Waals surface area (Å²) in [4.78, 5) is 7.86. The number of benzene rings is 1. The Balaban J connectivity index is 1.80. The monoisotopic (exact) mass is 278 g/mol. The summed E-state index contributed by atoms with van der Waals surface area (Å²) in [6, 6.07) is 5.87. The largest absolute Gasteiger partial charge is 0.494 e. The number of aliphatic hydroxyl groups is 1. The van der Waals surface area contributed by atoms with Crippen molar-refractivity contribution in [2.75, 3.05) is 6.61 Å². The van der Waals surface area contributed by atoms with Crippen molar-refractivity contribution in [3.8, 4) is 5.75 Å². The predicted molar refractivity (Wildman–Crippen MR) is 76.8 cm³/mol. The Morgan fingerprint density at radius 1 is 1.47 bits per heavy atom. The molecular weight excluding hydrogens is 260 g/mol. The maximum atomic E-state index is 9.86. The zero-order valence-corrected chi connectivity index (χ0v) is 11.7. The van der Waals surface area contributed by atoms with Gasteiger partial charge in [-0.1, -0.05) is 11.8 Å². The molecule has 4 nitrogen and oxygen atoms in total. The third kappa shape index (κ3) is 2.72. The lowest BCUT2D eigenvalue weighted by atomic mass is 10.3. The molecule has 1 aliphatic carbocycles. The number of hydrogen-bond donors (Lipinski definition) is 2. The first-order chi connectivity index (χ1) is 9.26. The fraction of sp³-hybridized carbons (Fsp3) is 0.500. The normalized spacial score (nSPS) is 23.1. The first kappa shape index (κ1) is 12.8. The Hall–Kier alpha value is -1.20. The molecule has 1 fully saturated rings. The maximum Gasteiger partial charge on any atom is 0.166 e. The average molecular weight is 278 g/mol. The number of thioether (sulfide) groups is 1. The molecule has 19 heavy (non-hydrogen) atoms. The average Bonchev–Trinajstić information content (AvgIpc) is 2.96. The number of imidazole rings is 1. The molecule has 0 bridgehead atoms. The van der Waals surface area contributed by atoms with Crippen LogP contribution in [-0.2, 0) is 0 Å². The van der Waals surface area contributed by atoms with E-state index in [-0.39, 0.29) is 11.4 Å². The molecule has 0 saturated heterocycles. The molecule has 0 unspecified atom stereocenters. The number of ether oxygens (including phenoxy) is 1. The van der Waals surface area contributed by atoms with E-state index in [1.165, 1.54) is 0 Å². The van der Waals surface area contributed by atoms with E-state index in [1.807, 2.05) is 25.1 Å². The lowest BCUT2D eigenvalue weighted by molar-refractivity contribution is 0.188. The summed E-state index contributed by atoms with van der Waals surface area (Å²) in [6.07, 6.45) is 2.88. The standard InChI is InChI=1S/C14H18N2O2S/c1-2-18-9-6-7-10-11(8-9)16-14(15-10)19-13-5-3-4-12(13)17/h6-8,12-13,17H,2-5H2,1H3,(H,15,16)/t12-,13-/m1/s1. The number of nitrogens with one attached hydrogen (secondary N) is 1. The number of rotatable bonds is 4. The van der Waals surface area contributed by atoms with E-state index in [2.05, 4.69) is 9.97 Å². The molecule has 0 spiro atoms. The van der Waals surface area contributed by atoms with Crippen LogP contribution < -0.4 is 4.74 Å². The van der Waals surface area contributed by atoms with Gasteiger partial charge in [-0.2, -0.15) is 0 Å². The van der Waals surface area contributed by atoms with Crippen LogP contribution in [0.2, 0.25) is 0 Å². The number of nitrogens with zero attached hydrogens (tertiary/aromatic N) is 1. The van der Waals surface area contributed by atoms with Crippen LogP contribution in [0.3, 0.4) is 0 Å². The van der Waals surface area contributed by atoms with Crippen molar-refractivity contribution < 1.29 is 9.84 Å². The highest BCUT2D eigenvalue weighted by atomic mass is 32.2. The first-order valence-corrected chi connectivity index (χ1v) is 7.61. The van der Waals surface area contributed by atoms with Crippen molar-refractivity contribution in [3.05, 3.63) is 18.2 Å². The highest BCUT2D eigenvalue weighted by molar-refractivity contribution is 7.99. The van der Waals surface area contributed by atoms with Gasteiger partial charge in [0.1, 0.15) is 5.75 Å². The predicted octanol–water partition coefficient (Wildman–Crippen LogP) is 2.97. The summed E-state index contributed by atoms with van der Waals surface area (Å²) in [5.74, 6) is 0.858. The summed E-state index contributed by atoms with van der Waals surface area (Å²) >= 11 is 1.65. The Morgan fingerprint density at radius 3 is 3.11 bits per heavy atom. The molecule has 1 aliphatic rings. The smallest absolute Gasteiger partial charge is 0.166 e. The molecule has 1 heterocycles. The first-order valence-electron chi connectivity index (χ1n) is 6.73. The Morgan fingerprint density at radius 2 is 2.37 bits per heavy atom. The minimum atomic E-state index is -0.197. The van der Waals surface area contributed by atoms with Gasteiger partial charge in [-0.25, -0.2) is 4.98 Å². The van der Waals surface area contributed by atoms with Gasteiger partial charge in [-0.15, -0.1) is 0 Å². The molecule has 2 aromatic rings. The van der Waals surface area contributed by atoms with Crippen LogP contribution in [-0.4, -0.2) is 33.0 Å². The number of H-pyrrole nitrogens is 1. The van der Waals surface area contributed by atoms with Crippen molar-refractivity contribution in [2.24, 2.45) is 0 Å². The molecule has 1 aromatic heterocycles. The van der Waals surface area contributed by atoms with Gasteiger partial charge in [0.25, 0.3) is 0 Å². The Bertz CT molecular complexity index is 570. The molecule has 102 valence electrons. The van der Waals surface area contributed by atoms with E-state index in [0.29, 0.717) is 6.61 Å². The van der Waals surface area contributed by atoms with E-state index < -0.39 is 0 Å². The van der Waals surface area contributed by atoms with E-state index in [1.54, 1.807) is 11.8 Å². The van der Waals surface area contributed by atoms with Gasteiger partial charge in [-0.3, -0.25) is 0 Å². The quantitative estimate of drug-likeness (QED) is 0.902. The number of fused-ring (bicyclic) bond motifs is 1. The van der Waals surface area contributed by atoms with Crippen molar-refractivity contribution in [3.63, 3.8) is 0 Å². The van der Waals surface area contributed by atoms with Crippen LogP contribution in [0.4, 0.5) is 0 Å². The third-order valence-electron chi connectivity index (χ3n) is 3.42. The molecule has 3 rings (SSSR count). The lowest BCUT2D eigenvalue weighted by Gasteiger charge is -2.11. The minimum Gasteiger partial charge on any atom is -0.494 e. The van der Waals surface area contributed by atoms with Gasteiger partial charge in [0.2, 0.25) is 0 Å². The zero-order valence-electron chi connectivity index (χ0n) is 10.9. The number of hydrogen-bond acceptors (Lipinski definition) is 4. The summed E-state index contributed by atoms with van der Waals surface area (Å²) in [6.45, 7) is 2.63. The van der Waals surface area contributed by atoms with Crippen molar-refractivity contribution in [1.82, 2.24) is 9.97 Å². The van der Waals surface area contributed by atoms with E-state index >= 15 is 0 Å². The molecule has 0 amide bonds. The van der Waals surface area contributed by atoms with Gasteiger partial charge in [0, 0.05) is 11.3 Å². The summed E-state index contributed by atoms with van der Waals surface area (Å²) < 4.78 is 5.48. The highest BCUT2D eigenvalue weighted by Crippen LogP contribution is 2.34. The van der Waals surface area contributed by atoms with Gasteiger partial charge < -0.3 is 14.8 Å². The fourth-order valence-electron chi connectivity index (χ4n) is 2.46.